The summed E-state index contributed by atoms with van der Waals surface area (Å²) in [6.07, 6.45) is 3.01. The third-order valence-corrected chi connectivity index (χ3v) is 1.17. The molecule has 0 saturated carbocycles. The molecule has 0 fully saturated rings. The zero-order chi connectivity index (χ0) is 7.56. The molecular formula is C7H8N2O. The standard InChI is InChI=1S/C7H8N2O/c1-5(10)6-2-7(8)4-9-3-6/h2-4H,8H2,1H3. The highest BCUT2D eigenvalue weighted by Crippen LogP contribution is 2.03. The maximum Gasteiger partial charge on any atom is 0.161 e. The van der Waals surface area contributed by atoms with E-state index in [0.717, 1.165) is 0 Å². The fraction of sp³-hybridized carbons (Fsp3) is 0.143. The predicted octanol–water partition coefficient (Wildman–Crippen LogP) is 0.866. The Bertz CT molecular complexity index is 258. The summed E-state index contributed by atoms with van der Waals surface area (Å²) in [5, 5.41) is 0. The summed E-state index contributed by atoms with van der Waals surface area (Å²) in [6.45, 7) is 1.48. The molecular weight excluding hydrogens is 128 g/mol. The number of pyridine rings is 1. The molecule has 0 unspecified atom stereocenters. The van der Waals surface area contributed by atoms with Crippen molar-refractivity contribution < 1.29 is 4.79 Å². The Balaban J connectivity index is 3.07. The van der Waals surface area contributed by atoms with E-state index in [-0.39, 0.29) is 5.78 Å². The number of nitrogens with zero attached hydrogens (tertiary/aromatic N) is 1. The van der Waals surface area contributed by atoms with Gasteiger partial charge in [0.25, 0.3) is 0 Å². The minimum absolute atomic E-state index is 0.0141. The summed E-state index contributed by atoms with van der Waals surface area (Å²) in [4.78, 5) is 14.5. The Morgan fingerprint density at radius 1 is 1.60 bits per heavy atom. The van der Waals surface area contributed by atoms with Gasteiger partial charge in [-0.1, -0.05) is 0 Å². The number of carbonyl (C=O) groups excluding carboxylic acids is 1. The highest BCUT2D eigenvalue weighted by atomic mass is 16.1. The van der Waals surface area contributed by atoms with Gasteiger partial charge in [0.2, 0.25) is 0 Å². The van der Waals surface area contributed by atoms with E-state index >= 15 is 0 Å². The maximum atomic E-state index is 10.7. The first kappa shape index (κ1) is 6.74. The Kier molecular flexibility index (Phi) is 1.67. The lowest BCUT2D eigenvalue weighted by Crippen LogP contribution is -1.95. The number of rotatable bonds is 1. The van der Waals surface area contributed by atoms with E-state index in [9.17, 15) is 4.79 Å². The molecule has 3 heteroatoms. The monoisotopic (exact) mass is 136 g/mol. The van der Waals surface area contributed by atoms with E-state index in [1.807, 2.05) is 0 Å². The first-order chi connectivity index (χ1) is 4.70. The second-order valence-electron chi connectivity index (χ2n) is 2.06. The van der Waals surface area contributed by atoms with Gasteiger partial charge >= 0.3 is 0 Å². The van der Waals surface area contributed by atoms with Crippen molar-refractivity contribution in [1.29, 1.82) is 0 Å². The molecule has 0 aliphatic carbocycles. The topological polar surface area (TPSA) is 56.0 Å². The minimum atomic E-state index is -0.0141. The van der Waals surface area contributed by atoms with Crippen molar-refractivity contribution in [3.8, 4) is 0 Å². The van der Waals surface area contributed by atoms with Crippen LogP contribution in [0, 0.1) is 0 Å². The van der Waals surface area contributed by atoms with Crippen LogP contribution in [0.4, 0.5) is 5.69 Å². The first-order valence-corrected chi connectivity index (χ1v) is 2.91. The van der Waals surface area contributed by atoms with Crippen molar-refractivity contribution in [2.24, 2.45) is 0 Å². The molecule has 52 valence electrons. The lowest BCUT2D eigenvalue weighted by molar-refractivity contribution is 0.101. The summed E-state index contributed by atoms with van der Waals surface area (Å²) in [7, 11) is 0. The van der Waals surface area contributed by atoms with E-state index in [2.05, 4.69) is 4.98 Å². The fourth-order valence-electron chi connectivity index (χ4n) is 0.650. The molecule has 10 heavy (non-hydrogen) atoms. The number of nitrogen functional groups attached to an aromatic ring is 1. The van der Waals surface area contributed by atoms with Gasteiger partial charge in [-0.25, -0.2) is 0 Å². The molecule has 0 radical (unpaired) electrons. The highest BCUT2D eigenvalue weighted by molar-refractivity contribution is 5.94. The van der Waals surface area contributed by atoms with Crippen LogP contribution in [0.5, 0.6) is 0 Å². The number of aromatic nitrogens is 1. The summed E-state index contributed by atoms with van der Waals surface area (Å²) >= 11 is 0. The normalized spacial score (nSPS) is 9.30. The largest absolute Gasteiger partial charge is 0.397 e. The number of hydrogen-bond acceptors (Lipinski definition) is 3. The third kappa shape index (κ3) is 1.31. The van der Waals surface area contributed by atoms with Crippen LogP contribution >= 0.6 is 0 Å². The molecule has 0 atom stereocenters. The molecule has 0 aliphatic heterocycles. The number of ketones is 1. The number of nitrogens with two attached hydrogens (primary N) is 1. The maximum absolute atomic E-state index is 10.7. The lowest BCUT2D eigenvalue weighted by Gasteiger charge is -1.94. The second-order valence-corrected chi connectivity index (χ2v) is 2.06. The van der Waals surface area contributed by atoms with Crippen LogP contribution in [-0.4, -0.2) is 10.8 Å². The van der Waals surface area contributed by atoms with Crippen molar-refractivity contribution in [2.75, 3.05) is 5.73 Å². The number of carbonyl (C=O) groups is 1. The van der Waals surface area contributed by atoms with Gasteiger partial charge in [0.15, 0.2) is 5.78 Å². The van der Waals surface area contributed by atoms with Crippen molar-refractivity contribution in [2.45, 2.75) is 6.92 Å². The molecule has 0 bridgehead atoms. The molecule has 3 nitrogen and oxygen atoms in total. The van der Waals surface area contributed by atoms with E-state index in [1.165, 1.54) is 19.3 Å². The van der Waals surface area contributed by atoms with Gasteiger partial charge in [-0.05, 0) is 13.0 Å². The minimum Gasteiger partial charge on any atom is -0.397 e. The Labute approximate surface area is 58.9 Å². The van der Waals surface area contributed by atoms with Crippen LogP contribution in [0.1, 0.15) is 17.3 Å². The molecule has 0 aliphatic rings. The Morgan fingerprint density at radius 3 is 2.70 bits per heavy atom. The fourth-order valence-corrected chi connectivity index (χ4v) is 0.650. The van der Waals surface area contributed by atoms with Crippen LogP contribution in [0.2, 0.25) is 0 Å². The molecule has 1 aromatic rings. The summed E-state index contributed by atoms with van der Waals surface area (Å²) in [6, 6.07) is 1.61. The van der Waals surface area contributed by atoms with Gasteiger partial charge in [-0.2, -0.15) is 0 Å². The van der Waals surface area contributed by atoms with E-state index in [0.29, 0.717) is 11.3 Å². The van der Waals surface area contributed by atoms with Gasteiger partial charge in [0.05, 0.1) is 5.69 Å². The Morgan fingerprint density at radius 2 is 2.30 bits per heavy atom. The SMILES string of the molecule is CC(=O)c1cncc(N)c1. The smallest absolute Gasteiger partial charge is 0.161 e. The zero-order valence-corrected chi connectivity index (χ0v) is 5.66. The van der Waals surface area contributed by atoms with Gasteiger partial charge in [0, 0.05) is 18.0 Å². The van der Waals surface area contributed by atoms with E-state index < -0.39 is 0 Å². The first-order valence-electron chi connectivity index (χ1n) is 2.91. The molecule has 0 saturated heterocycles. The van der Waals surface area contributed by atoms with Crippen LogP contribution in [-0.2, 0) is 0 Å². The summed E-state index contributed by atoms with van der Waals surface area (Å²) in [5.74, 6) is -0.0141. The van der Waals surface area contributed by atoms with Crippen molar-refractivity contribution >= 4 is 11.5 Å². The third-order valence-electron chi connectivity index (χ3n) is 1.17. The molecule has 0 aromatic carbocycles. The van der Waals surface area contributed by atoms with Crippen molar-refractivity contribution in [1.82, 2.24) is 4.98 Å². The Hall–Kier alpha value is -1.38. The molecule has 1 heterocycles. The number of Topliss-reactive ketones (excluding diaryl/α,β-unsaturated/α-hetero) is 1. The molecule has 0 amide bonds. The summed E-state index contributed by atoms with van der Waals surface area (Å²) in [5.41, 5.74) is 6.46. The van der Waals surface area contributed by atoms with Gasteiger partial charge < -0.3 is 5.73 Å². The average molecular weight is 136 g/mol. The van der Waals surface area contributed by atoms with Crippen LogP contribution < -0.4 is 5.73 Å². The van der Waals surface area contributed by atoms with Gasteiger partial charge in [-0.15, -0.1) is 0 Å². The zero-order valence-electron chi connectivity index (χ0n) is 5.66. The number of anilines is 1. The molecule has 0 spiro atoms. The summed E-state index contributed by atoms with van der Waals surface area (Å²) < 4.78 is 0. The van der Waals surface area contributed by atoms with E-state index in [4.69, 9.17) is 5.73 Å². The van der Waals surface area contributed by atoms with Crippen molar-refractivity contribution in [3.05, 3.63) is 24.0 Å². The number of hydrogen-bond donors (Lipinski definition) is 1. The lowest BCUT2D eigenvalue weighted by atomic mass is 10.2. The van der Waals surface area contributed by atoms with Crippen LogP contribution in [0.25, 0.3) is 0 Å². The van der Waals surface area contributed by atoms with Crippen molar-refractivity contribution in [3.63, 3.8) is 0 Å². The highest BCUT2D eigenvalue weighted by Gasteiger charge is 1.97. The van der Waals surface area contributed by atoms with Gasteiger partial charge in [-0.3, -0.25) is 9.78 Å². The molecule has 1 aromatic heterocycles. The van der Waals surface area contributed by atoms with Crippen LogP contribution in [0.15, 0.2) is 18.5 Å². The molecule has 2 N–H and O–H groups in total. The van der Waals surface area contributed by atoms with Crippen LogP contribution in [0.3, 0.4) is 0 Å². The predicted molar refractivity (Wildman–Crippen MR) is 38.7 cm³/mol. The second kappa shape index (κ2) is 2.47. The molecule has 1 rings (SSSR count). The average Bonchev–Trinajstić information content (AvgIpc) is 1.88. The van der Waals surface area contributed by atoms with E-state index in [1.54, 1.807) is 6.07 Å². The van der Waals surface area contributed by atoms with Gasteiger partial charge in [0.1, 0.15) is 0 Å². The quantitative estimate of drug-likeness (QED) is 0.582.